The lowest BCUT2D eigenvalue weighted by molar-refractivity contribution is -0.0323. The van der Waals surface area contributed by atoms with Crippen molar-refractivity contribution in [2.75, 3.05) is 17.7 Å². The zero-order valence-corrected chi connectivity index (χ0v) is 19.6. The van der Waals surface area contributed by atoms with Gasteiger partial charge < -0.3 is 14.8 Å². The molecule has 3 aromatic carbocycles. The van der Waals surface area contributed by atoms with Gasteiger partial charge in [0.2, 0.25) is 0 Å². The highest BCUT2D eigenvalue weighted by atomic mass is 32.2. The molecule has 0 unspecified atom stereocenters. The lowest BCUT2D eigenvalue weighted by atomic mass is 10.0. The number of rotatable bonds is 11. The highest BCUT2D eigenvalue weighted by Gasteiger charge is 2.40. The Hall–Kier alpha value is -1.84. The predicted molar refractivity (Wildman–Crippen MR) is 133 cm³/mol. The van der Waals surface area contributed by atoms with Gasteiger partial charge in [0.25, 0.3) is 0 Å². The Kier molecular flexibility index (Phi) is 8.57. The highest BCUT2D eigenvalue weighted by Crippen LogP contribution is 2.46. The summed E-state index contributed by atoms with van der Waals surface area (Å²) in [7, 11) is -3.10. The molecule has 0 radical (unpaired) electrons. The van der Waals surface area contributed by atoms with Gasteiger partial charge in [0, 0.05) is 22.5 Å². The van der Waals surface area contributed by atoms with E-state index in [9.17, 15) is 14.8 Å². The summed E-state index contributed by atoms with van der Waals surface area (Å²) in [5, 5.41) is 23.3. The van der Waals surface area contributed by atoms with Gasteiger partial charge in [0.05, 0.1) is 11.7 Å². The van der Waals surface area contributed by atoms with Crippen molar-refractivity contribution in [2.24, 2.45) is 0 Å². The number of thioether (sulfide) groups is 1. The molecule has 3 aromatic rings. The van der Waals surface area contributed by atoms with E-state index in [1.165, 1.54) is 5.56 Å². The summed E-state index contributed by atoms with van der Waals surface area (Å²) in [6.07, 6.45) is 1.04. The molecule has 2 atom stereocenters. The second kappa shape index (κ2) is 11.2. The van der Waals surface area contributed by atoms with E-state index in [1.54, 1.807) is 18.7 Å². The van der Waals surface area contributed by atoms with E-state index in [1.807, 2.05) is 78.9 Å². The summed E-state index contributed by atoms with van der Waals surface area (Å²) in [4.78, 5) is 0. The van der Waals surface area contributed by atoms with Crippen molar-refractivity contribution in [2.45, 2.75) is 31.5 Å². The number of aryl methyl sites for hydroxylation is 1. The second-order valence-electron chi connectivity index (χ2n) is 8.11. The third-order valence-corrected chi connectivity index (χ3v) is 9.96. The van der Waals surface area contributed by atoms with Gasteiger partial charge in [-0.15, -0.1) is 0 Å². The Morgan fingerprint density at radius 2 is 1.35 bits per heavy atom. The van der Waals surface area contributed by atoms with Crippen LogP contribution in [0.1, 0.15) is 18.9 Å². The van der Waals surface area contributed by atoms with Crippen LogP contribution in [0.3, 0.4) is 0 Å². The minimum absolute atomic E-state index is 0.000229. The fraction of sp³-hybridized carbons (Fsp3) is 0.308. The fourth-order valence-electron chi connectivity index (χ4n) is 3.62. The van der Waals surface area contributed by atoms with Crippen LogP contribution < -0.4 is 10.6 Å². The van der Waals surface area contributed by atoms with Gasteiger partial charge >= 0.3 is 0 Å². The zero-order valence-electron chi connectivity index (χ0n) is 17.9. The molecule has 0 amide bonds. The first-order valence-corrected chi connectivity index (χ1v) is 13.7. The van der Waals surface area contributed by atoms with Gasteiger partial charge in [-0.3, -0.25) is 0 Å². The number of hydrogen-bond acceptors (Lipinski definition) is 4. The maximum atomic E-state index is 14.2. The lowest BCUT2D eigenvalue weighted by Crippen LogP contribution is -2.46. The van der Waals surface area contributed by atoms with Crippen LogP contribution in [0.5, 0.6) is 0 Å². The van der Waals surface area contributed by atoms with Crippen LogP contribution in [0.15, 0.2) is 91.0 Å². The topological polar surface area (TPSA) is 57.5 Å². The van der Waals surface area contributed by atoms with E-state index in [2.05, 4.69) is 12.1 Å². The Morgan fingerprint density at radius 1 is 0.871 bits per heavy atom. The van der Waals surface area contributed by atoms with Crippen LogP contribution in [0, 0.1) is 0 Å². The van der Waals surface area contributed by atoms with Gasteiger partial charge in [-0.2, -0.15) is 11.8 Å². The van der Waals surface area contributed by atoms with E-state index in [-0.39, 0.29) is 6.16 Å². The molecule has 5 heteroatoms. The summed E-state index contributed by atoms with van der Waals surface area (Å²) in [6.45, 7) is 1.60. The molecular formula is C26H31O3PS. The molecule has 0 aliphatic heterocycles. The molecule has 3 nitrogen and oxygen atoms in total. The second-order valence-corrected chi connectivity index (χ2v) is 12.1. The number of benzene rings is 3. The van der Waals surface area contributed by atoms with Crippen LogP contribution in [-0.4, -0.2) is 39.6 Å². The maximum absolute atomic E-state index is 14.2. The van der Waals surface area contributed by atoms with Crippen molar-refractivity contribution < 1.29 is 14.8 Å². The van der Waals surface area contributed by atoms with Gasteiger partial charge in [-0.25, -0.2) is 0 Å². The van der Waals surface area contributed by atoms with Crippen LogP contribution in [0.2, 0.25) is 0 Å². The van der Waals surface area contributed by atoms with E-state index in [0.717, 1.165) is 18.6 Å². The number of aliphatic hydroxyl groups is 2. The average Bonchev–Trinajstić information content (AvgIpc) is 2.80. The number of aliphatic hydroxyl groups excluding tert-OH is 1. The SMILES string of the molecule is C[C@](O)(CP(=O)(c1ccccc1)c1ccccc1)[C@@H](O)CSCCCc1ccccc1. The predicted octanol–water partition coefficient (Wildman–Crippen LogP) is 4.48. The molecule has 0 spiro atoms. The van der Waals surface area contributed by atoms with E-state index < -0.39 is 18.8 Å². The van der Waals surface area contributed by atoms with Crippen molar-refractivity contribution in [3.63, 3.8) is 0 Å². The minimum Gasteiger partial charge on any atom is -0.389 e. The maximum Gasteiger partial charge on any atom is 0.146 e. The molecule has 0 aromatic heterocycles. The van der Waals surface area contributed by atoms with Crippen molar-refractivity contribution in [3.8, 4) is 0 Å². The van der Waals surface area contributed by atoms with Gasteiger partial charge in [0.15, 0.2) is 0 Å². The van der Waals surface area contributed by atoms with Crippen molar-refractivity contribution in [1.82, 2.24) is 0 Å². The Morgan fingerprint density at radius 3 is 1.87 bits per heavy atom. The molecule has 2 N–H and O–H groups in total. The molecule has 164 valence electrons. The minimum atomic E-state index is -3.10. The smallest absolute Gasteiger partial charge is 0.146 e. The first kappa shape index (κ1) is 23.8. The van der Waals surface area contributed by atoms with E-state index in [0.29, 0.717) is 16.4 Å². The zero-order chi connectivity index (χ0) is 22.2. The molecule has 0 fully saturated rings. The summed E-state index contributed by atoms with van der Waals surface area (Å²) in [5.41, 5.74) is -0.157. The van der Waals surface area contributed by atoms with Crippen LogP contribution in [0.25, 0.3) is 0 Å². The normalized spacial score (nSPS) is 14.7. The van der Waals surface area contributed by atoms with Crippen molar-refractivity contribution in [3.05, 3.63) is 96.6 Å². The van der Waals surface area contributed by atoms with Gasteiger partial charge in [-0.1, -0.05) is 91.0 Å². The summed E-state index contributed by atoms with van der Waals surface area (Å²) < 4.78 is 14.2. The largest absolute Gasteiger partial charge is 0.389 e. The third kappa shape index (κ3) is 6.57. The van der Waals surface area contributed by atoms with Crippen molar-refractivity contribution >= 4 is 29.5 Å². The molecule has 0 saturated carbocycles. The van der Waals surface area contributed by atoms with Gasteiger partial charge in [-0.05, 0) is 31.1 Å². The first-order chi connectivity index (χ1) is 14.9. The fourth-order valence-corrected chi connectivity index (χ4v) is 7.80. The monoisotopic (exact) mass is 454 g/mol. The molecule has 0 bridgehead atoms. The summed E-state index contributed by atoms with van der Waals surface area (Å²) in [6, 6.07) is 28.9. The third-order valence-electron chi connectivity index (χ3n) is 5.48. The van der Waals surface area contributed by atoms with Crippen molar-refractivity contribution in [1.29, 1.82) is 0 Å². The molecular weight excluding hydrogens is 423 g/mol. The summed E-state index contributed by atoms with van der Waals surface area (Å²) >= 11 is 1.63. The van der Waals surface area contributed by atoms with Gasteiger partial charge in [0.1, 0.15) is 7.14 Å². The molecule has 0 aliphatic rings. The lowest BCUT2D eigenvalue weighted by Gasteiger charge is -2.33. The highest BCUT2D eigenvalue weighted by molar-refractivity contribution is 7.99. The summed E-state index contributed by atoms with van der Waals surface area (Å²) in [5.74, 6) is 1.31. The molecule has 0 heterocycles. The standard InChI is InChI=1S/C26H31O3PS/c1-26(28,25(27)20-31-19-11-14-22-12-5-2-6-13-22)21-30(29,23-15-7-3-8-16-23)24-17-9-4-10-18-24/h2-10,12-13,15-18,25,27-28H,11,14,19-21H2,1H3/t25-,26-/m0/s1. The quantitative estimate of drug-likeness (QED) is 0.331. The molecule has 31 heavy (non-hydrogen) atoms. The van der Waals surface area contributed by atoms with Crippen LogP contribution in [0.4, 0.5) is 0 Å². The Labute approximate surface area is 189 Å². The molecule has 0 aliphatic carbocycles. The Balaban J connectivity index is 1.63. The molecule has 0 saturated heterocycles. The average molecular weight is 455 g/mol. The van der Waals surface area contributed by atoms with E-state index >= 15 is 0 Å². The Bertz CT molecular complexity index is 918. The first-order valence-electron chi connectivity index (χ1n) is 10.6. The van der Waals surface area contributed by atoms with Crippen LogP contribution >= 0.6 is 18.9 Å². The van der Waals surface area contributed by atoms with E-state index in [4.69, 9.17) is 0 Å². The number of hydrogen-bond donors (Lipinski definition) is 2. The molecule has 3 rings (SSSR count). The van der Waals surface area contributed by atoms with Crippen LogP contribution in [-0.2, 0) is 11.0 Å².